The molecule has 3 nitrogen and oxygen atoms in total. The summed E-state index contributed by atoms with van der Waals surface area (Å²) in [5.41, 5.74) is 2.62. The molecule has 0 aromatic heterocycles. The van der Waals surface area contributed by atoms with Crippen molar-refractivity contribution in [3.8, 4) is 5.75 Å². The van der Waals surface area contributed by atoms with Gasteiger partial charge in [0.1, 0.15) is 5.75 Å². The van der Waals surface area contributed by atoms with Crippen LogP contribution in [-0.2, 0) is 16.0 Å². The molecule has 0 saturated carbocycles. The van der Waals surface area contributed by atoms with Crippen LogP contribution in [-0.4, -0.2) is 19.7 Å². The van der Waals surface area contributed by atoms with Gasteiger partial charge in [0.2, 0.25) is 0 Å². The normalized spacial score (nSPS) is 18.3. The molecule has 1 aliphatic rings. The first kappa shape index (κ1) is 13.9. The second kappa shape index (κ2) is 6.60. The maximum atomic E-state index is 11.7. The van der Waals surface area contributed by atoms with Crippen molar-refractivity contribution in [3.63, 3.8) is 0 Å². The zero-order valence-corrected chi connectivity index (χ0v) is 11.8. The van der Waals surface area contributed by atoms with Gasteiger partial charge in [0.05, 0.1) is 20.1 Å². The highest BCUT2D eigenvalue weighted by Gasteiger charge is 2.22. The van der Waals surface area contributed by atoms with Crippen LogP contribution >= 0.6 is 0 Å². The van der Waals surface area contributed by atoms with Crippen LogP contribution in [0.2, 0.25) is 0 Å². The zero-order chi connectivity index (χ0) is 13.7. The lowest BCUT2D eigenvalue weighted by molar-refractivity contribution is -0.143. The summed E-state index contributed by atoms with van der Waals surface area (Å²) in [4.78, 5) is 11.7. The molecule has 3 heteroatoms. The van der Waals surface area contributed by atoms with Crippen LogP contribution in [0.15, 0.2) is 18.2 Å². The smallest absolute Gasteiger partial charge is 0.306 e. The minimum atomic E-state index is -0.0869. The Kier molecular flexibility index (Phi) is 4.83. The highest BCUT2D eigenvalue weighted by molar-refractivity contribution is 5.70. The molecule has 0 radical (unpaired) electrons. The van der Waals surface area contributed by atoms with E-state index < -0.39 is 0 Å². The average Bonchev–Trinajstić information content (AvgIpc) is 2.61. The minimum Gasteiger partial charge on any atom is -0.497 e. The van der Waals surface area contributed by atoms with Crippen LogP contribution in [0, 0.1) is 0 Å². The molecule has 1 aromatic rings. The van der Waals surface area contributed by atoms with Crippen molar-refractivity contribution in [1.29, 1.82) is 0 Å². The summed E-state index contributed by atoms with van der Waals surface area (Å²) in [7, 11) is 1.69. The lowest BCUT2D eigenvalue weighted by Crippen LogP contribution is -2.11. The molecule has 0 N–H and O–H groups in total. The predicted octanol–water partition coefficient (Wildman–Crippen LogP) is 3.46. The van der Waals surface area contributed by atoms with Crippen molar-refractivity contribution in [1.82, 2.24) is 0 Å². The van der Waals surface area contributed by atoms with E-state index in [0.29, 0.717) is 18.9 Å². The highest BCUT2D eigenvalue weighted by Crippen LogP contribution is 2.34. The molecule has 1 aromatic carbocycles. The molecule has 0 fully saturated rings. The van der Waals surface area contributed by atoms with Crippen LogP contribution < -0.4 is 4.74 Å². The summed E-state index contributed by atoms with van der Waals surface area (Å²) in [5, 5.41) is 0. The summed E-state index contributed by atoms with van der Waals surface area (Å²) in [6.45, 7) is 2.31. The summed E-state index contributed by atoms with van der Waals surface area (Å²) in [6, 6.07) is 6.21. The van der Waals surface area contributed by atoms with Gasteiger partial charge in [-0.1, -0.05) is 12.5 Å². The number of methoxy groups -OCH3 is 1. The molecular formula is C16H22O3. The Balaban J connectivity index is 2.20. The quantitative estimate of drug-likeness (QED) is 0.616. The van der Waals surface area contributed by atoms with Gasteiger partial charge in [-0.3, -0.25) is 4.79 Å². The fourth-order valence-electron chi connectivity index (χ4n) is 2.82. The number of benzene rings is 1. The monoisotopic (exact) mass is 262 g/mol. The van der Waals surface area contributed by atoms with Crippen molar-refractivity contribution in [3.05, 3.63) is 29.3 Å². The van der Waals surface area contributed by atoms with E-state index in [1.165, 1.54) is 24.0 Å². The molecule has 19 heavy (non-hydrogen) atoms. The Morgan fingerprint density at radius 3 is 2.95 bits per heavy atom. The summed E-state index contributed by atoms with van der Waals surface area (Å²) >= 11 is 0. The fourth-order valence-corrected chi connectivity index (χ4v) is 2.82. The SMILES string of the molecule is CCOC(=O)CC1CCCCc2cc(OC)ccc21. The van der Waals surface area contributed by atoms with E-state index in [-0.39, 0.29) is 5.97 Å². The van der Waals surface area contributed by atoms with Crippen LogP contribution in [0.4, 0.5) is 0 Å². The van der Waals surface area contributed by atoms with Crippen molar-refractivity contribution in [2.75, 3.05) is 13.7 Å². The first-order valence-electron chi connectivity index (χ1n) is 7.07. The topological polar surface area (TPSA) is 35.5 Å². The number of hydrogen-bond acceptors (Lipinski definition) is 3. The van der Waals surface area contributed by atoms with E-state index in [0.717, 1.165) is 18.6 Å². The van der Waals surface area contributed by atoms with E-state index >= 15 is 0 Å². The van der Waals surface area contributed by atoms with Gasteiger partial charge in [0.15, 0.2) is 0 Å². The Labute approximate surface area is 114 Å². The van der Waals surface area contributed by atoms with Crippen molar-refractivity contribution >= 4 is 5.97 Å². The van der Waals surface area contributed by atoms with Gasteiger partial charge >= 0.3 is 5.97 Å². The van der Waals surface area contributed by atoms with E-state index in [4.69, 9.17) is 9.47 Å². The number of esters is 1. The van der Waals surface area contributed by atoms with Gasteiger partial charge in [0, 0.05) is 0 Å². The number of aryl methyl sites for hydroxylation is 1. The van der Waals surface area contributed by atoms with Gasteiger partial charge in [-0.25, -0.2) is 0 Å². The molecule has 2 rings (SSSR count). The number of ether oxygens (including phenoxy) is 2. The van der Waals surface area contributed by atoms with Crippen molar-refractivity contribution in [2.45, 2.75) is 44.9 Å². The van der Waals surface area contributed by atoms with E-state index in [2.05, 4.69) is 12.1 Å². The lowest BCUT2D eigenvalue weighted by atomic mass is 9.90. The Hall–Kier alpha value is -1.51. The van der Waals surface area contributed by atoms with E-state index in [1.54, 1.807) is 7.11 Å². The summed E-state index contributed by atoms with van der Waals surface area (Å²) in [6.07, 6.45) is 4.98. The Morgan fingerprint density at radius 1 is 1.37 bits per heavy atom. The van der Waals surface area contributed by atoms with Gasteiger partial charge < -0.3 is 9.47 Å². The van der Waals surface area contributed by atoms with Gasteiger partial charge in [-0.2, -0.15) is 0 Å². The van der Waals surface area contributed by atoms with Crippen molar-refractivity contribution in [2.24, 2.45) is 0 Å². The number of rotatable bonds is 4. The number of fused-ring (bicyclic) bond motifs is 1. The van der Waals surface area contributed by atoms with Gasteiger partial charge in [0.25, 0.3) is 0 Å². The number of carbonyl (C=O) groups excluding carboxylic acids is 1. The molecule has 1 atom stereocenters. The summed E-state index contributed by atoms with van der Waals surface area (Å²) < 4.78 is 10.4. The first-order valence-corrected chi connectivity index (χ1v) is 7.07. The fraction of sp³-hybridized carbons (Fsp3) is 0.562. The Bertz CT molecular complexity index is 440. The molecule has 0 amide bonds. The van der Waals surface area contributed by atoms with Crippen LogP contribution in [0.5, 0.6) is 5.75 Å². The molecule has 0 spiro atoms. The third-order valence-corrected chi connectivity index (χ3v) is 3.76. The molecule has 104 valence electrons. The summed E-state index contributed by atoms with van der Waals surface area (Å²) in [5.74, 6) is 1.11. The van der Waals surface area contributed by atoms with Crippen molar-refractivity contribution < 1.29 is 14.3 Å². The molecule has 1 aliphatic carbocycles. The Morgan fingerprint density at radius 2 is 2.21 bits per heavy atom. The second-order valence-electron chi connectivity index (χ2n) is 5.02. The number of hydrogen-bond donors (Lipinski definition) is 0. The van der Waals surface area contributed by atoms with E-state index in [9.17, 15) is 4.79 Å². The second-order valence-corrected chi connectivity index (χ2v) is 5.02. The maximum absolute atomic E-state index is 11.7. The highest BCUT2D eigenvalue weighted by atomic mass is 16.5. The average molecular weight is 262 g/mol. The lowest BCUT2D eigenvalue weighted by Gasteiger charge is -2.17. The molecular weight excluding hydrogens is 240 g/mol. The zero-order valence-electron chi connectivity index (χ0n) is 11.8. The van der Waals surface area contributed by atoms with Gasteiger partial charge in [-0.05, 0) is 55.4 Å². The molecule has 0 aliphatic heterocycles. The molecule has 1 unspecified atom stereocenters. The maximum Gasteiger partial charge on any atom is 0.306 e. The first-order chi connectivity index (χ1) is 9.24. The van der Waals surface area contributed by atoms with Gasteiger partial charge in [-0.15, -0.1) is 0 Å². The minimum absolute atomic E-state index is 0.0869. The molecule has 0 heterocycles. The standard InChI is InChI=1S/C16H22O3/c1-3-19-16(17)11-13-7-5-4-6-12-10-14(18-2)8-9-15(12)13/h8-10,13H,3-7,11H2,1-2H3. The molecule has 0 saturated heterocycles. The largest absolute Gasteiger partial charge is 0.497 e. The van der Waals surface area contributed by atoms with Crippen LogP contribution in [0.1, 0.15) is 49.7 Å². The van der Waals surface area contributed by atoms with Crippen LogP contribution in [0.25, 0.3) is 0 Å². The third-order valence-electron chi connectivity index (χ3n) is 3.76. The predicted molar refractivity (Wildman–Crippen MR) is 74.5 cm³/mol. The third kappa shape index (κ3) is 3.49. The molecule has 0 bridgehead atoms. The van der Waals surface area contributed by atoms with E-state index in [1.807, 2.05) is 13.0 Å². The van der Waals surface area contributed by atoms with Crippen LogP contribution in [0.3, 0.4) is 0 Å². The number of carbonyl (C=O) groups is 1.